The fraction of sp³-hybridized carbons (Fsp3) is 0.833. The summed E-state index contributed by atoms with van der Waals surface area (Å²) in [6.07, 6.45) is -2.59. The van der Waals surface area contributed by atoms with E-state index in [0.29, 0.717) is 25.7 Å². The molecule has 20 heavy (non-hydrogen) atoms. The van der Waals surface area contributed by atoms with E-state index >= 15 is 0 Å². The van der Waals surface area contributed by atoms with Gasteiger partial charge in [0, 0.05) is 6.54 Å². The molecule has 1 aliphatic heterocycles. The quantitative estimate of drug-likeness (QED) is 0.777. The average Bonchev–Trinajstić information content (AvgIpc) is 2.72. The zero-order valence-electron chi connectivity index (χ0n) is 11.3. The van der Waals surface area contributed by atoms with Gasteiger partial charge in [0.25, 0.3) is 0 Å². The van der Waals surface area contributed by atoms with Crippen molar-refractivity contribution in [2.45, 2.75) is 44.3 Å². The van der Waals surface area contributed by atoms with E-state index in [4.69, 9.17) is 0 Å². The zero-order valence-corrected chi connectivity index (χ0v) is 11.3. The van der Waals surface area contributed by atoms with Gasteiger partial charge in [-0.05, 0) is 19.3 Å². The Kier molecular flexibility index (Phi) is 5.38. The number of hydrogen-bond donors (Lipinski definition) is 2. The van der Waals surface area contributed by atoms with Crippen molar-refractivity contribution in [1.29, 1.82) is 0 Å². The number of carboxylic acids is 1. The molecule has 0 spiro atoms. The molecule has 1 heterocycles. The zero-order chi connectivity index (χ0) is 15.4. The Bertz CT molecular complexity index is 373. The highest BCUT2D eigenvalue weighted by molar-refractivity contribution is 5.88. The summed E-state index contributed by atoms with van der Waals surface area (Å²) in [6, 6.07) is 0. The normalized spacial score (nSPS) is 23.1. The summed E-state index contributed by atoms with van der Waals surface area (Å²) in [6.45, 7) is 0.324. The molecule has 1 rings (SSSR count). The predicted octanol–water partition coefficient (Wildman–Crippen LogP) is 1.38. The molecule has 116 valence electrons. The van der Waals surface area contributed by atoms with Crippen LogP contribution in [0.1, 0.15) is 32.6 Å². The third-order valence-electron chi connectivity index (χ3n) is 3.45. The number of nitrogens with zero attached hydrogens (tertiary/aromatic N) is 1. The molecule has 1 fully saturated rings. The summed E-state index contributed by atoms with van der Waals surface area (Å²) in [4.78, 5) is 24.6. The van der Waals surface area contributed by atoms with Crippen molar-refractivity contribution >= 4 is 11.9 Å². The Morgan fingerprint density at radius 1 is 1.40 bits per heavy atom. The Labute approximate surface area is 115 Å². The van der Waals surface area contributed by atoms with Gasteiger partial charge in [0.15, 0.2) is 0 Å². The van der Waals surface area contributed by atoms with Gasteiger partial charge in [-0.3, -0.25) is 4.79 Å². The van der Waals surface area contributed by atoms with Gasteiger partial charge in [-0.25, -0.2) is 4.79 Å². The van der Waals surface area contributed by atoms with E-state index in [0.717, 1.165) is 0 Å². The highest BCUT2D eigenvalue weighted by Crippen LogP contribution is 2.34. The van der Waals surface area contributed by atoms with Crippen molar-refractivity contribution in [3.05, 3.63) is 0 Å². The summed E-state index contributed by atoms with van der Waals surface area (Å²) in [7, 11) is 0. The number of aliphatic carboxylic acids is 1. The number of carbonyl (C=O) groups excluding carboxylic acids is 1. The van der Waals surface area contributed by atoms with E-state index in [2.05, 4.69) is 0 Å². The van der Waals surface area contributed by atoms with Gasteiger partial charge < -0.3 is 15.3 Å². The molecule has 2 N–H and O–H groups in total. The van der Waals surface area contributed by atoms with Gasteiger partial charge in [-0.2, -0.15) is 13.2 Å². The highest BCUT2D eigenvalue weighted by atomic mass is 19.4. The van der Waals surface area contributed by atoms with Crippen LogP contribution in [-0.2, 0) is 9.59 Å². The molecule has 0 radical (unpaired) electrons. The maximum atomic E-state index is 12.0. The number of nitrogens with one attached hydrogen (secondary N) is 1. The minimum absolute atomic E-state index is 0.277. The molecule has 0 bridgehead atoms. The van der Waals surface area contributed by atoms with Crippen molar-refractivity contribution < 1.29 is 27.9 Å². The molecule has 1 atom stereocenters. The van der Waals surface area contributed by atoms with E-state index in [-0.39, 0.29) is 6.54 Å². The first kappa shape index (κ1) is 16.7. The largest absolute Gasteiger partial charge is 0.479 e. The molecule has 0 aromatic carbocycles. The first-order valence-corrected chi connectivity index (χ1v) is 6.54. The van der Waals surface area contributed by atoms with Crippen LogP contribution in [0.5, 0.6) is 0 Å². The second-order valence-electron chi connectivity index (χ2n) is 4.95. The lowest BCUT2D eigenvalue weighted by molar-refractivity contribution is -0.157. The van der Waals surface area contributed by atoms with E-state index in [9.17, 15) is 27.9 Å². The summed E-state index contributed by atoms with van der Waals surface area (Å²) >= 11 is 0. The first-order valence-electron chi connectivity index (χ1n) is 6.54. The number of rotatable bonds is 6. The van der Waals surface area contributed by atoms with Gasteiger partial charge in [0.2, 0.25) is 5.91 Å². The minimum atomic E-state index is -4.39. The average molecular weight is 296 g/mol. The summed E-state index contributed by atoms with van der Waals surface area (Å²) in [5.74, 6) is -1.68. The van der Waals surface area contributed by atoms with E-state index < -0.39 is 36.7 Å². The number of carboxylic acid groups (broad SMARTS) is 1. The second-order valence-corrected chi connectivity index (χ2v) is 4.95. The fourth-order valence-electron chi connectivity index (χ4n) is 2.65. The van der Waals surface area contributed by atoms with Gasteiger partial charge in [0.1, 0.15) is 5.54 Å². The number of carbonyl (C=O) groups is 2. The molecular weight excluding hydrogens is 277 g/mol. The van der Waals surface area contributed by atoms with Crippen LogP contribution >= 0.6 is 0 Å². The Hall–Kier alpha value is -1.31. The SMILES string of the molecule is CCCC1(C(=O)O)CCCN1C(=O)CNCC(F)(F)F. The Morgan fingerprint density at radius 3 is 2.55 bits per heavy atom. The lowest BCUT2D eigenvalue weighted by atomic mass is 9.90. The van der Waals surface area contributed by atoms with Gasteiger partial charge in [-0.15, -0.1) is 0 Å². The topological polar surface area (TPSA) is 69.6 Å². The Balaban J connectivity index is 2.68. The fourth-order valence-corrected chi connectivity index (χ4v) is 2.65. The summed E-state index contributed by atoms with van der Waals surface area (Å²) < 4.78 is 36.0. The Morgan fingerprint density at radius 2 is 2.05 bits per heavy atom. The third-order valence-corrected chi connectivity index (χ3v) is 3.45. The van der Waals surface area contributed by atoms with Gasteiger partial charge in [-0.1, -0.05) is 13.3 Å². The molecule has 0 aromatic rings. The molecule has 0 aromatic heterocycles. The molecule has 1 unspecified atom stereocenters. The number of hydrogen-bond acceptors (Lipinski definition) is 3. The smallest absolute Gasteiger partial charge is 0.401 e. The molecule has 1 saturated heterocycles. The number of alkyl halides is 3. The highest BCUT2D eigenvalue weighted by Gasteiger charge is 2.48. The van der Waals surface area contributed by atoms with Crippen LogP contribution in [0, 0.1) is 0 Å². The molecule has 8 heteroatoms. The monoisotopic (exact) mass is 296 g/mol. The van der Waals surface area contributed by atoms with Crippen molar-refractivity contribution in [3.8, 4) is 0 Å². The second kappa shape index (κ2) is 6.43. The summed E-state index contributed by atoms with van der Waals surface area (Å²) in [5, 5.41) is 11.4. The number of amides is 1. The van der Waals surface area contributed by atoms with Crippen LogP contribution in [0.15, 0.2) is 0 Å². The molecular formula is C12H19F3N2O3. The van der Waals surface area contributed by atoms with Crippen molar-refractivity contribution in [3.63, 3.8) is 0 Å². The van der Waals surface area contributed by atoms with Crippen molar-refractivity contribution in [1.82, 2.24) is 10.2 Å². The number of halogens is 3. The minimum Gasteiger partial charge on any atom is -0.479 e. The van der Waals surface area contributed by atoms with E-state index in [1.807, 2.05) is 12.2 Å². The molecule has 1 amide bonds. The van der Waals surface area contributed by atoms with Crippen LogP contribution < -0.4 is 5.32 Å². The predicted molar refractivity (Wildman–Crippen MR) is 65.1 cm³/mol. The third kappa shape index (κ3) is 3.84. The molecule has 0 aliphatic carbocycles. The van der Waals surface area contributed by atoms with Crippen LogP contribution in [-0.4, -0.2) is 53.2 Å². The van der Waals surface area contributed by atoms with Crippen LogP contribution in [0.3, 0.4) is 0 Å². The molecule has 0 saturated carbocycles. The standard InChI is InChI=1S/C12H19F3N2O3/c1-2-4-11(10(19)20)5-3-6-17(11)9(18)7-16-8-12(13,14)15/h16H,2-8H2,1H3,(H,19,20). The summed E-state index contributed by atoms with van der Waals surface area (Å²) in [5.41, 5.74) is -1.26. The molecule has 1 aliphatic rings. The maximum Gasteiger partial charge on any atom is 0.401 e. The van der Waals surface area contributed by atoms with Crippen LogP contribution in [0.4, 0.5) is 13.2 Å². The maximum absolute atomic E-state index is 12.0. The van der Waals surface area contributed by atoms with Crippen LogP contribution in [0.2, 0.25) is 0 Å². The van der Waals surface area contributed by atoms with Crippen molar-refractivity contribution in [2.24, 2.45) is 0 Å². The van der Waals surface area contributed by atoms with E-state index in [1.165, 1.54) is 4.90 Å². The lowest BCUT2D eigenvalue weighted by Crippen LogP contribution is -2.55. The van der Waals surface area contributed by atoms with Gasteiger partial charge >= 0.3 is 12.1 Å². The van der Waals surface area contributed by atoms with Crippen molar-refractivity contribution in [2.75, 3.05) is 19.6 Å². The molecule has 5 nitrogen and oxygen atoms in total. The lowest BCUT2D eigenvalue weighted by Gasteiger charge is -2.34. The van der Waals surface area contributed by atoms with Gasteiger partial charge in [0.05, 0.1) is 13.1 Å². The number of likely N-dealkylation sites (tertiary alicyclic amines) is 1. The van der Waals surface area contributed by atoms with E-state index in [1.54, 1.807) is 0 Å². The first-order chi connectivity index (χ1) is 9.23. The van der Waals surface area contributed by atoms with Crippen LogP contribution in [0.25, 0.3) is 0 Å².